The number of rotatable bonds is 4. The first-order valence-corrected chi connectivity index (χ1v) is 5.17. The maximum atomic E-state index is 11.7. The van der Waals surface area contributed by atoms with Gasteiger partial charge in [-0.2, -0.15) is 0 Å². The van der Waals surface area contributed by atoms with Crippen molar-refractivity contribution in [3.63, 3.8) is 0 Å². The summed E-state index contributed by atoms with van der Waals surface area (Å²) in [7, 11) is 0. The molecule has 0 radical (unpaired) electrons. The number of amides is 1. The number of aryl methyl sites for hydroxylation is 1. The van der Waals surface area contributed by atoms with Gasteiger partial charge >= 0.3 is 0 Å². The molecule has 1 aromatic heterocycles. The molecule has 0 aliphatic carbocycles. The Bertz CT molecular complexity index is 350. The smallest absolute Gasteiger partial charge is 0.254 e. The number of carbonyl (C=O) groups excluding carboxylic acids is 1. The van der Waals surface area contributed by atoms with E-state index in [0.29, 0.717) is 12.1 Å². The summed E-state index contributed by atoms with van der Waals surface area (Å²) in [4.78, 5) is 15.8. The summed E-state index contributed by atoms with van der Waals surface area (Å²) >= 11 is 0. The van der Waals surface area contributed by atoms with E-state index in [2.05, 4.69) is 15.6 Å². The number of aromatic nitrogens is 1. The van der Waals surface area contributed by atoms with Crippen LogP contribution in [0, 0.1) is 6.92 Å². The highest BCUT2D eigenvalue weighted by Crippen LogP contribution is 2.15. The van der Waals surface area contributed by atoms with E-state index in [1.807, 2.05) is 26.8 Å². The molecule has 0 atom stereocenters. The lowest BCUT2D eigenvalue weighted by Crippen LogP contribution is -2.24. The fraction of sp³-hybridized carbons (Fsp3) is 0.455. The number of hydrogen-bond donors (Lipinski definition) is 2. The van der Waals surface area contributed by atoms with E-state index in [-0.39, 0.29) is 5.91 Å². The molecule has 0 aliphatic heterocycles. The molecule has 0 unspecified atom stereocenters. The summed E-state index contributed by atoms with van der Waals surface area (Å²) in [6, 6.07) is 1.88. The van der Waals surface area contributed by atoms with Gasteiger partial charge in [-0.1, -0.05) is 0 Å². The van der Waals surface area contributed by atoms with Crippen molar-refractivity contribution in [3.8, 4) is 0 Å². The van der Waals surface area contributed by atoms with E-state index in [9.17, 15) is 4.79 Å². The van der Waals surface area contributed by atoms with Crippen LogP contribution in [-0.2, 0) is 0 Å². The van der Waals surface area contributed by atoms with Crippen molar-refractivity contribution >= 4 is 11.6 Å². The molecule has 0 bridgehead atoms. The molecular formula is C11H17N3O. The maximum absolute atomic E-state index is 11.7. The van der Waals surface area contributed by atoms with Crippen LogP contribution in [0.4, 0.5) is 5.69 Å². The zero-order valence-corrected chi connectivity index (χ0v) is 9.42. The minimum atomic E-state index is -0.0825. The Morgan fingerprint density at radius 3 is 2.73 bits per heavy atom. The van der Waals surface area contributed by atoms with Gasteiger partial charge in [0.25, 0.3) is 5.91 Å². The molecule has 1 heterocycles. The predicted octanol–water partition coefficient (Wildman–Crippen LogP) is 1.57. The molecule has 0 saturated carbocycles. The van der Waals surface area contributed by atoms with E-state index < -0.39 is 0 Å². The standard InChI is InChI=1S/C11H17N3O/c1-4-12-10-6-8(3)14-7-9(10)11(15)13-5-2/h6-7H,4-5H2,1-3H3,(H,12,14)(H,13,15). The lowest BCUT2D eigenvalue weighted by Gasteiger charge is -2.10. The monoisotopic (exact) mass is 207 g/mol. The Morgan fingerprint density at radius 2 is 2.13 bits per heavy atom. The van der Waals surface area contributed by atoms with Gasteiger partial charge in [-0.05, 0) is 26.8 Å². The van der Waals surface area contributed by atoms with Crippen LogP contribution in [0.25, 0.3) is 0 Å². The first-order valence-electron chi connectivity index (χ1n) is 5.17. The fourth-order valence-electron chi connectivity index (χ4n) is 1.33. The molecule has 4 nitrogen and oxygen atoms in total. The first-order chi connectivity index (χ1) is 7.19. The molecule has 1 aromatic rings. The van der Waals surface area contributed by atoms with E-state index >= 15 is 0 Å². The number of anilines is 1. The lowest BCUT2D eigenvalue weighted by molar-refractivity contribution is 0.0956. The predicted molar refractivity (Wildman–Crippen MR) is 61.1 cm³/mol. The van der Waals surface area contributed by atoms with Gasteiger partial charge in [0.15, 0.2) is 0 Å². The van der Waals surface area contributed by atoms with Crippen molar-refractivity contribution in [1.82, 2.24) is 10.3 Å². The van der Waals surface area contributed by atoms with Crippen molar-refractivity contribution in [2.24, 2.45) is 0 Å². The quantitative estimate of drug-likeness (QED) is 0.788. The van der Waals surface area contributed by atoms with Crippen molar-refractivity contribution in [2.75, 3.05) is 18.4 Å². The minimum Gasteiger partial charge on any atom is -0.385 e. The highest BCUT2D eigenvalue weighted by atomic mass is 16.1. The van der Waals surface area contributed by atoms with Gasteiger partial charge in [-0.3, -0.25) is 9.78 Å². The molecule has 1 amide bonds. The van der Waals surface area contributed by atoms with Gasteiger partial charge in [0.1, 0.15) is 0 Å². The molecular weight excluding hydrogens is 190 g/mol. The number of nitrogens with zero attached hydrogens (tertiary/aromatic N) is 1. The molecule has 0 fully saturated rings. The van der Waals surface area contributed by atoms with Crippen LogP contribution in [-0.4, -0.2) is 24.0 Å². The number of nitrogens with one attached hydrogen (secondary N) is 2. The molecule has 82 valence electrons. The maximum Gasteiger partial charge on any atom is 0.254 e. The van der Waals surface area contributed by atoms with E-state index in [1.165, 1.54) is 0 Å². The summed E-state index contributed by atoms with van der Waals surface area (Å²) in [6.07, 6.45) is 1.61. The average Bonchev–Trinajstić information content (AvgIpc) is 2.18. The molecule has 0 saturated heterocycles. The summed E-state index contributed by atoms with van der Waals surface area (Å²) in [6.45, 7) is 7.21. The second kappa shape index (κ2) is 5.34. The SMILES string of the molecule is CCNC(=O)c1cnc(C)cc1NCC. The third kappa shape index (κ3) is 2.94. The first kappa shape index (κ1) is 11.5. The van der Waals surface area contributed by atoms with Gasteiger partial charge in [0, 0.05) is 25.0 Å². The zero-order valence-electron chi connectivity index (χ0n) is 9.42. The molecule has 0 aromatic carbocycles. The van der Waals surface area contributed by atoms with Gasteiger partial charge in [0.2, 0.25) is 0 Å². The van der Waals surface area contributed by atoms with Crippen LogP contribution >= 0.6 is 0 Å². The molecule has 0 spiro atoms. The highest BCUT2D eigenvalue weighted by Gasteiger charge is 2.10. The number of pyridine rings is 1. The van der Waals surface area contributed by atoms with Crippen LogP contribution in [0.15, 0.2) is 12.3 Å². The second-order valence-corrected chi connectivity index (χ2v) is 3.26. The third-order valence-corrected chi connectivity index (χ3v) is 1.99. The van der Waals surface area contributed by atoms with Crippen LogP contribution in [0.1, 0.15) is 29.9 Å². The summed E-state index contributed by atoms with van der Waals surface area (Å²) < 4.78 is 0. The van der Waals surface area contributed by atoms with E-state index in [4.69, 9.17) is 0 Å². The van der Waals surface area contributed by atoms with Crippen molar-refractivity contribution in [1.29, 1.82) is 0 Å². The second-order valence-electron chi connectivity index (χ2n) is 3.26. The normalized spacial score (nSPS) is 9.80. The topological polar surface area (TPSA) is 54.0 Å². The zero-order chi connectivity index (χ0) is 11.3. The summed E-state index contributed by atoms with van der Waals surface area (Å²) in [5.74, 6) is -0.0825. The van der Waals surface area contributed by atoms with Gasteiger partial charge < -0.3 is 10.6 Å². The van der Waals surface area contributed by atoms with Crippen molar-refractivity contribution < 1.29 is 4.79 Å². The van der Waals surface area contributed by atoms with Crippen molar-refractivity contribution in [2.45, 2.75) is 20.8 Å². The van der Waals surface area contributed by atoms with Crippen LogP contribution in [0.2, 0.25) is 0 Å². The molecule has 2 N–H and O–H groups in total. The molecule has 4 heteroatoms. The van der Waals surface area contributed by atoms with Gasteiger partial charge in [0.05, 0.1) is 11.3 Å². The Morgan fingerprint density at radius 1 is 1.40 bits per heavy atom. The Kier molecular flexibility index (Phi) is 4.09. The lowest BCUT2D eigenvalue weighted by atomic mass is 10.2. The third-order valence-electron chi connectivity index (χ3n) is 1.99. The molecule has 0 aliphatic rings. The van der Waals surface area contributed by atoms with Gasteiger partial charge in [-0.15, -0.1) is 0 Å². The summed E-state index contributed by atoms with van der Waals surface area (Å²) in [5, 5.41) is 5.92. The number of hydrogen-bond acceptors (Lipinski definition) is 3. The Balaban J connectivity index is 2.99. The van der Waals surface area contributed by atoms with Gasteiger partial charge in [-0.25, -0.2) is 0 Å². The largest absolute Gasteiger partial charge is 0.385 e. The minimum absolute atomic E-state index is 0.0825. The fourth-order valence-corrected chi connectivity index (χ4v) is 1.33. The summed E-state index contributed by atoms with van der Waals surface area (Å²) in [5.41, 5.74) is 2.35. The molecule has 1 rings (SSSR count). The highest BCUT2D eigenvalue weighted by molar-refractivity contribution is 5.99. The van der Waals surface area contributed by atoms with Crippen molar-refractivity contribution in [3.05, 3.63) is 23.5 Å². The van der Waals surface area contributed by atoms with E-state index in [1.54, 1.807) is 6.20 Å². The average molecular weight is 207 g/mol. The van der Waals surface area contributed by atoms with Crippen LogP contribution < -0.4 is 10.6 Å². The van der Waals surface area contributed by atoms with Crippen LogP contribution in [0.3, 0.4) is 0 Å². The van der Waals surface area contributed by atoms with Crippen LogP contribution in [0.5, 0.6) is 0 Å². The Labute approximate surface area is 90.1 Å². The van der Waals surface area contributed by atoms with E-state index in [0.717, 1.165) is 17.9 Å². The Hall–Kier alpha value is -1.58. The molecule has 15 heavy (non-hydrogen) atoms. The number of carbonyl (C=O) groups is 1.